The molecule has 0 aliphatic carbocycles. The van der Waals surface area contributed by atoms with Crippen LogP contribution in [0.4, 0.5) is 4.79 Å². The molecule has 0 bridgehead atoms. The molecule has 2 amide bonds. The summed E-state index contributed by atoms with van der Waals surface area (Å²) in [5.74, 6) is -3.53. The third kappa shape index (κ3) is 11.8. The van der Waals surface area contributed by atoms with Crippen molar-refractivity contribution >= 4 is 29.9 Å². The third-order valence-electron chi connectivity index (χ3n) is 3.98. The van der Waals surface area contributed by atoms with Gasteiger partial charge < -0.3 is 34.5 Å². The fraction of sp³-hybridized carbons (Fsp3) is 0.522. The number of ether oxygens (including phenoxy) is 4. The van der Waals surface area contributed by atoms with Gasteiger partial charge in [-0.3, -0.25) is 19.2 Å². The highest BCUT2D eigenvalue weighted by atomic mass is 16.6. The number of likely N-dealkylation sites (N-methyl/N-ethyl adjacent to an activating group) is 1. The molecule has 35 heavy (non-hydrogen) atoms. The van der Waals surface area contributed by atoms with Crippen LogP contribution in [0.3, 0.4) is 0 Å². The lowest BCUT2D eigenvalue weighted by Gasteiger charge is -2.21. The molecule has 1 aromatic carbocycles. The number of nitrogens with one attached hydrogen (secondary N) is 2. The van der Waals surface area contributed by atoms with E-state index in [-0.39, 0.29) is 29.4 Å². The van der Waals surface area contributed by atoms with Crippen molar-refractivity contribution in [2.45, 2.75) is 47.1 Å². The van der Waals surface area contributed by atoms with Gasteiger partial charge in [-0.25, -0.2) is 4.79 Å². The van der Waals surface area contributed by atoms with Crippen molar-refractivity contribution in [1.82, 2.24) is 15.5 Å². The molecule has 0 aliphatic rings. The Morgan fingerprint density at radius 1 is 0.800 bits per heavy atom. The Bertz CT molecular complexity index is 917. The van der Waals surface area contributed by atoms with Gasteiger partial charge in [0.15, 0.2) is 11.5 Å². The number of nitrogens with zero attached hydrogens (tertiary/aromatic N) is 1. The van der Waals surface area contributed by atoms with Crippen molar-refractivity contribution in [3.8, 4) is 17.2 Å². The first kappa shape index (κ1) is 29.4. The molecule has 0 saturated carbocycles. The van der Waals surface area contributed by atoms with Gasteiger partial charge >= 0.3 is 24.0 Å². The van der Waals surface area contributed by atoms with Crippen LogP contribution < -0.4 is 24.8 Å². The molecule has 2 N–H and O–H groups in total. The van der Waals surface area contributed by atoms with Crippen LogP contribution in [0, 0.1) is 0 Å². The van der Waals surface area contributed by atoms with Crippen LogP contribution in [0.15, 0.2) is 12.1 Å². The van der Waals surface area contributed by atoms with Crippen molar-refractivity contribution in [1.29, 1.82) is 0 Å². The number of hydrogen-bond donors (Lipinski definition) is 2. The maximum Gasteiger partial charge on any atom is 0.407 e. The summed E-state index contributed by atoms with van der Waals surface area (Å²) in [5.41, 5.74) is -0.566. The van der Waals surface area contributed by atoms with E-state index < -0.39 is 35.5 Å². The molecule has 0 radical (unpaired) electrons. The smallest absolute Gasteiger partial charge is 0.407 e. The average Bonchev–Trinajstić information content (AvgIpc) is 2.67. The van der Waals surface area contributed by atoms with Gasteiger partial charge in [0, 0.05) is 52.5 Å². The lowest BCUT2D eigenvalue weighted by molar-refractivity contribution is -0.135. The van der Waals surface area contributed by atoms with Gasteiger partial charge in [-0.05, 0) is 40.0 Å². The molecule has 0 spiro atoms. The summed E-state index contributed by atoms with van der Waals surface area (Å²) in [6, 6.07) is 2.41. The SMILES string of the molecule is CC(=O)Oc1cc(C(=O)NCCN(C)CCNC(=O)OC(C)(C)C)cc(OC(C)=O)c1OC(C)=O. The van der Waals surface area contributed by atoms with Crippen molar-refractivity contribution < 1.29 is 42.9 Å². The Kier molecular flexibility index (Phi) is 11.1. The minimum absolute atomic E-state index is 0.0163. The quantitative estimate of drug-likeness (QED) is 0.362. The van der Waals surface area contributed by atoms with Crippen molar-refractivity contribution in [3.05, 3.63) is 17.7 Å². The zero-order valence-electron chi connectivity index (χ0n) is 21.1. The molecule has 0 saturated heterocycles. The highest BCUT2D eigenvalue weighted by Crippen LogP contribution is 2.39. The zero-order valence-corrected chi connectivity index (χ0v) is 21.1. The Hall–Kier alpha value is -3.67. The molecule has 194 valence electrons. The largest absolute Gasteiger partial charge is 0.444 e. The monoisotopic (exact) mass is 495 g/mol. The Labute approximate surface area is 204 Å². The Balaban J connectivity index is 2.80. The number of alkyl carbamates (subject to hydrolysis) is 1. The highest BCUT2D eigenvalue weighted by Gasteiger charge is 2.22. The second-order valence-electron chi connectivity index (χ2n) is 8.57. The predicted molar refractivity (Wildman–Crippen MR) is 124 cm³/mol. The number of carbonyl (C=O) groups is 5. The van der Waals surface area contributed by atoms with Gasteiger partial charge in [-0.1, -0.05) is 0 Å². The van der Waals surface area contributed by atoms with E-state index in [4.69, 9.17) is 18.9 Å². The van der Waals surface area contributed by atoms with Crippen LogP contribution in [0.5, 0.6) is 17.2 Å². The van der Waals surface area contributed by atoms with Gasteiger partial charge in [0.25, 0.3) is 5.91 Å². The van der Waals surface area contributed by atoms with Crippen LogP contribution in [0.25, 0.3) is 0 Å². The summed E-state index contributed by atoms with van der Waals surface area (Å²) in [7, 11) is 1.81. The highest BCUT2D eigenvalue weighted by molar-refractivity contribution is 5.96. The fourth-order valence-corrected chi connectivity index (χ4v) is 2.65. The Morgan fingerprint density at radius 3 is 1.69 bits per heavy atom. The van der Waals surface area contributed by atoms with E-state index in [1.54, 1.807) is 20.8 Å². The van der Waals surface area contributed by atoms with Gasteiger partial charge in [0.1, 0.15) is 5.60 Å². The van der Waals surface area contributed by atoms with Crippen LogP contribution in [0.1, 0.15) is 51.9 Å². The standard InChI is InChI=1S/C23H33N3O9/c1-14(27)32-18-12-17(13-19(33-15(2)28)20(18)34-16(3)29)21(30)24-8-10-26(7)11-9-25-22(31)35-23(4,5)6/h12-13H,8-11H2,1-7H3,(H,24,30)(H,25,31). The van der Waals surface area contributed by atoms with E-state index >= 15 is 0 Å². The predicted octanol–water partition coefficient (Wildman–Crippen LogP) is 1.65. The van der Waals surface area contributed by atoms with Gasteiger partial charge in [-0.15, -0.1) is 0 Å². The molecule has 0 atom stereocenters. The molecule has 1 rings (SSSR count). The first-order valence-electron chi connectivity index (χ1n) is 10.8. The lowest BCUT2D eigenvalue weighted by atomic mass is 10.1. The van der Waals surface area contributed by atoms with Crippen molar-refractivity contribution in [3.63, 3.8) is 0 Å². The molecule has 0 fully saturated rings. The minimum atomic E-state index is -0.742. The molecular weight excluding hydrogens is 462 g/mol. The lowest BCUT2D eigenvalue weighted by Crippen LogP contribution is -2.39. The van der Waals surface area contributed by atoms with Crippen molar-refractivity contribution in [2.75, 3.05) is 33.2 Å². The molecule has 0 aliphatic heterocycles. The van der Waals surface area contributed by atoms with E-state index in [9.17, 15) is 24.0 Å². The number of amides is 2. The summed E-state index contributed by atoms with van der Waals surface area (Å²) < 4.78 is 20.3. The van der Waals surface area contributed by atoms with Crippen LogP contribution in [0.2, 0.25) is 0 Å². The van der Waals surface area contributed by atoms with Gasteiger partial charge in [-0.2, -0.15) is 0 Å². The van der Waals surface area contributed by atoms with Crippen LogP contribution in [-0.2, 0) is 19.1 Å². The number of esters is 3. The maximum atomic E-state index is 12.7. The number of rotatable bonds is 10. The van der Waals surface area contributed by atoms with Gasteiger partial charge in [0.2, 0.25) is 5.75 Å². The summed E-state index contributed by atoms with van der Waals surface area (Å²) in [6.45, 7) is 10.3. The normalized spacial score (nSPS) is 10.9. The average molecular weight is 496 g/mol. The Morgan fingerprint density at radius 2 is 1.26 bits per heavy atom. The summed E-state index contributed by atoms with van der Waals surface area (Å²) in [6.07, 6.45) is -0.511. The van der Waals surface area contributed by atoms with E-state index in [1.165, 1.54) is 12.1 Å². The second-order valence-corrected chi connectivity index (χ2v) is 8.57. The van der Waals surface area contributed by atoms with Crippen LogP contribution in [-0.4, -0.2) is 73.6 Å². The molecular formula is C23H33N3O9. The topological polar surface area (TPSA) is 150 Å². The third-order valence-corrected chi connectivity index (χ3v) is 3.98. The summed E-state index contributed by atoms with van der Waals surface area (Å²) in [4.78, 5) is 60.7. The minimum Gasteiger partial charge on any atom is -0.444 e. The number of carbonyl (C=O) groups excluding carboxylic acids is 5. The van der Waals surface area contributed by atoms with E-state index in [0.717, 1.165) is 20.8 Å². The first-order valence-corrected chi connectivity index (χ1v) is 10.8. The van der Waals surface area contributed by atoms with Crippen LogP contribution >= 0.6 is 0 Å². The van der Waals surface area contributed by atoms with Crippen molar-refractivity contribution in [2.24, 2.45) is 0 Å². The molecule has 0 unspecified atom stereocenters. The molecule has 12 nitrogen and oxygen atoms in total. The second kappa shape index (κ2) is 13.3. The zero-order chi connectivity index (χ0) is 26.8. The maximum absolute atomic E-state index is 12.7. The number of benzene rings is 1. The fourth-order valence-electron chi connectivity index (χ4n) is 2.65. The molecule has 0 aromatic heterocycles. The summed E-state index contributed by atoms with van der Waals surface area (Å²) in [5, 5.41) is 5.35. The summed E-state index contributed by atoms with van der Waals surface area (Å²) >= 11 is 0. The molecule has 0 heterocycles. The molecule has 1 aromatic rings. The molecule has 12 heteroatoms. The van der Waals surface area contributed by atoms with E-state index in [0.29, 0.717) is 19.6 Å². The first-order chi connectivity index (χ1) is 16.2. The number of hydrogen-bond acceptors (Lipinski definition) is 10. The van der Waals surface area contributed by atoms with E-state index in [1.807, 2.05) is 11.9 Å². The van der Waals surface area contributed by atoms with E-state index in [2.05, 4.69) is 10.6 Å². The van der Waals surface area contributed by atoms with Gasteiger partial charge in [0.05, 0.1) is 0 Å².